The van der Waals surface area contributed by atoms with Crippen molar-refractivity contribution >= 4 is 5.91 Å². The van der Waals surface area contributed by atoms with Crippen molar-refractivity contribution in [1.82, 2.24) is 30.0 Å². The van der Waals surface area contributed by atoms with E-state index in [9.17, 15) is 4.79 Å². The van der Waals surface area contributed by atoms with Gasteiger partial charge in [0.15, 0.2) is 0 Å². The van der Waals surface area contributed by atoms with Crippen molar-refractivity contribution in [3.8, 4) is 16.8 Å². The van der Waals surface area contributed by atoms with Crippen LogP contribution in [0.4, 0.5) is 0 Å². The minimum Gasteiger partial charge on any atom is -0.346 e. The number of carbonyl (C=O) groups excluding carboxylic acids is 1. The Balaban J connectivity index is 1.69. The summed E-state index contributed by atoms with van der Waals surface area (Å²) in [4.78, 5) is 26.0. The second kappa shape index (κ2) is 9.51. The molecule has 7 heteroatoms. The monoisotopic (exact) mass is 426 g/mol. The van der Waals surface area contributed by atoms with Crippen molar-refractivity contribution in [2.45, 2.75) is 40.2 Å². The molecular formula is C25H26N6O. The Morgan fingerprint density at radius 1 is 0.969 bits per heavy atom. The van der Waals surface area contributed by atoms with Gasteiger partial charge in [-0.3, -0.25) is 14.8 Å². The van der Waals surface area contributed by atoms with E-state index < -0.39 is 0 Å². The van der Waals surface area contributed by atoms with Crippen LogP contribution in [0.15, 0.2) is 61.2 Å². The molecule has 0 saturated carbocycles. The van der Waals surface area contributed by atoms with Gasteiger partial charge in [-0.1, -0.05) is 36.8 Å². The Hall–Kier alpha value is -3.87. The minimum atomic E-state index is -0.181. The van der Waals surface area contributed by atoms with E-state index in [0.29, 0.717) is 17.8 Å². The van der Waals surface area contributed by atoms with Crippen LogP contribution in [0.1, 0.15) is 46.5 Å². The number of nitrogens with one attached hydrogen (secondary N) is 1. The fraction of sp³-hybridized carbons (Fsp3) is 0.240. The minimum absolute atomic E-state index is 0.181. The van der Waals surface area contributed by atoms with Gasteiger partial charge in [0.2, 0.25) is 0 Å². The predicted octanol–water partition coefficient (Wildman–Crippen LogP) is 4.22. The summed E-state index contributed by atoms with van der Waals surface area (Å²) in [5, 5.41) is 7.36. The van der Waals surface area contributed by atoms with Gasteiger partial charge >= 0.3 is 0 Å². The summed E-state index contributed by atoms with van der Waals surface area (Å²) in [5.74, 6) is 0.689. The molecule has 1 amide bonds. The molecule has 4 aromatic rings. The second-order valence-corrected chi connectivity index (χ2v) is 7.80. The van der Waals surface area contributed by atoms with Gasteiger partial charge in [0.25, 0.3) is 5.91 Å². The number of benzene rings is 2. The first-order valence-electron chi connectivity index (χ1n) is 10.7. The van der Waals surface area contributed by atoms with Gasteiger partial charge in [-0.2, -0.15) is 5.10 Å². The normalized spacial score (nSPS) is 10.8. The summed E-state index contributed by atoms with van der Waals surface area (Å²) in [6.07, 6.45) is 6.69. The summed E-state index contributed by atoms with van der Waals surface area (Å²) >= 11 is 0. The zero-order chi connectivity index (χ0) is 22.5. The molecule has 2 aromatic heterocycles. The van der Waals surface area contributed by atoms with Crippen LogP contribution in [-0.4, -0.2) is 30.6 Å². The van der Waals surface area contributed by atoms with Crippen molar-refractivity contribution in [2.24, 2.45) is 0 Å². The fourth-order valence-corrected chi connectivity index (χ4v) is 3.44. The second-order valence-electron chi connectivity index (χ2n) is 7.80. The molecule has 1 N–H and O–H groups in total. The van der Waals surface area contributed by atoms with E-state index >= 15 is 0 Å². The number of hydrogen-bond acceptors (Lipinski definition) is 5. The van der Waals surface area contributed by atoms with E-state index in [0.717, 1.165) is 41.2 Å². The van der Waals surface area contributed by atoms with E-state index in [1.807, 2.05) is 29.8 Å². The van der Waals surface area contributed by atoms with Gasteiger partial charge in [-0.25, -0.2) is 9.67 Å². The lowest BCUT2D eigenvalue weighted by Crippen LogP contribution is -2.23. The van der Waals surface area contributed by atoms with Crippen molar-refractivity contribution in [3.05, 3.63) is 89.5 Å². The number of hydrogen-bond donors (Lipinski definition) is 1. The molecule has 2 heterocycles. The van der Waals surface area contributed by atoms with E-state index in [4.69, 9.17) is 0 Å². The molecule has 32 heavy (non-hydrogen) atoms. The van der Waals surface area contributed by atoms with Gasteiger partial charge < -0.3 is 5.32 Å². The third kappa shape index (κ3) is 4.88. The van der Waals surface area contributed by atoms with Crippen LogP contribution in [0.2, 0.25) is 0 Å². The molecule has 0 aliphatic heterocycles. The number of aryl methyl sites for hydroxylation is 3. The van der Waals surface area contributed by atoms with Crippen LogP contribution in [0.3, 0.4) is 0 Å². The first-order chi connectivity index (χ1) is 15.5. The lowest BCUT2D eigenvalue weighted by Gasteiger charge is -2.12. The first-order valence-corrected chi connectivity index (χ1v) is 10.7. The summed E-state index contributed by atoms with van der Waals surface area (Å²) < 4.78 is 1.81. The zero-order valence-corrected chi connectivity index (χ0v) is 18.5. The first kappa shape index (κ1) is 21.4. The van der Waals surface area contributed by atoms with Gasteiger partial charge in [0.1, 0.15) is 12.2 Å². The number of carbonyl (C=O) groups is 1. The van der Waals surface area contributed by atoms with Crippen molar-refractivity contribution in [3.63, 3.8) is 0 Å². The molecule has 0 aliphatic carbocycles. The smallest absolute Gasteiger partial charge is 0.251 e. The van der Waals surface area contributed by atoms with E-state index in [2.05, 4.69) is 63.5 Å². The van der Waals surface area contributed by atoms with E-state index in [1.54, 1.807) is 18.7 Å². The third-order valence-electron chi connectivity index (χ3n) is 5.17. The maximum atomic E-state index is 13.1. The quantitative estimate of drug-likeness (QED) is 0.478. The van der Waals surface area contributed by atoms with Crippen LogP contribution in [-0.2, 0) is 13.0 Å². The summed E-state index contributed by atoms with van der Waals surface area (Å²) in [7, 11) is 0. The average molecular weight is 427 g/mol. The van der Waals surface area contributed by atoms with Crippen LogP contribution in [0.25, 0.3) is 16.8 Å². The summed E-state index contributed by atoms with van der Waals surface area (Å²) in [6.45, 7) is 6.35. The molecule has 4 rings (SSSR count). The van der Waals surface area contributed by atoms with Crippen molar-refractivity contribution in [2.75, 3.05) is 0 Å². The Morgan fingerprint density at radius 2 is 1.78 bits per heavy atom. The highest BCUT2D eigenvalue weighted by atomic mass is 16.1. The Kier molecular flexibility index (Phi) is 6.35. The maximum Gasteiger partial charge on any atom is 0.251 e. The summed E-state index contributed by atoms with van der Waals surface area (Å²) in [6, 6.07) is 14.0. The van der Waals surface area contributed by atoms with Gasteiger partial charge in [0, 0.05) is 18.2 Å². The zero-order valence-electron chi connectivity index (χ0n) is 18.5. The molecular weight excluding hydrogens is 400 g/mol. The third-order valence-corrected chi connectivity index (χ3v) is 5.17. The number of nitrogens with zero attached hydrogens (tertiary/aromatic N) is 5. The Bertz CT molecular complexity index is 1210. The molecule has 0 spiro atoms. The van der Waals surface area contributed by atoms with Gasteiger partial charge in [0.05, 0.1) is 29.8 Å². The highest BCUT2D eigenvalue weighted by Gasteiger charge is 2.14. The average Bonchev–Trinajstić information content (AvgIpc) is 3.27. The van der Waals surface area contributed by atoms with E-state index in [1.165, 1.54) is 5.56 Å². The van der Waals surface area contributed by atoms with Crippen LogP contribution < -0.4 is 5.32 Å². The molecule has 0 unspecified atom stereocenters. The predicted molar refractivity (Wildman–Crippen MR) is 123 cm³/mol. The number of aromatic nitrogens is 5. The molecule has 0 bridgehead atoms. The Morgan fingerprint density at radius 3 is 2.50 bits per heavy atom. The van der Waals surface area contributed by atoms with Crippen LogP contribution in [0, 0.1) is 13.8 Å². The molecule has 0 aliphatic rings. The van der Waals surface area contributed by atoms with Gasteiger partial charge in [-0.05, 0) is 49.6 Å². The topological polar surface area (TPSA) is 85.6 Å². The maximum absolute atomic E-state index is 13.1. The highest BCUT2D eigenvalue weighted by Crippen LogP contribution is 2.25. The SMILES string of the molecule is CCCc1ncnn1-c1cc(C(=O)NCc2cnc(C)cn2)cc(-c2ccc(C)cc2)c1. The Labute approximate surface area is 187 Å². The molecule has 7 nitrogen and oxygen atoms in total. The highest BCUT2D eigenvalue weighted by molar-refractivity contribution is 5.96. The lowest BCUT2D eigenvalue weighted by atomic mass is 10.0. The van der Waals surface area contributed by atoms with Gasteiger partial charge in [-0.15, -0.1) is 0 Å². The molecule has 0 atom stereocenters. The largest absolute Gasteiger partial charge is 0.346 e. The van der Waals surface area contributed by atoms with Crippen LogP contribution in [0.5, 0.6) is 0 Å². The standard InChI is InChI=1S/C25H26N6O/c1-4-5-24-29-16-30-31(24)23-11-20(19-8-6-17(2)7-9-19)10-21(12-23)25(32)28-15-22-14-26-18(3)13-27-22/h6-14,16H,4-5,15H2,1-3H3,(H,28,32). The molecule has 0 saturated heterocycles. The number of amides is 1. The lowest BCUT2D eigenvalue weighted by molar-refractivity contribution is 0.0950. The van der Waals surface area contributed by atoms with Crippen molar-refractivity contribution in [1.29, 1.82) is 0 Å². The number of rotatable bonds is 7. The molecule has 162 valence electrons. The van der Waals surface area contributed by atoms with Crippen molar-refractivity contribution < 1.29 is 4.79 Å². The molecule has 0 radical (unpaired) electrons. The van der Waals surface area contributed by atoms with Crippen LogP contribution >= 0.6 is 0 Å². The summed E-state index contributed by atoms with van der Waals surface area (Å²) in [5.41, 5.74) is 6.07. The van der Waals surface area contributed by atoms with E-state index in [-0.39, 0.29) is 5.91 Å². The molecule has 0 fully saturated rings. The fourth-order valence-electron chi connectivity index (χ4n) is 3.44. The molecule has 2 aromatic carbocycles.